The number of benzene rings is 2. The van der Waals surface area contributed by atoms with Crippen molar-refractivity contribution in [2.24, 2.45) is 0 Å². The molecule has 2 amide bonds. The molecule has 1 atom stereocenters. The number of amides is 2. The molecular weight excluding hydrogens is 368 g/mol. The molecule has 29 heavy (non-hydrogen) atoms. The maximum atomic E-state index is 13.3. The summed E-state index contributed by atoms with van der Waals surface area (Å²) in [7, 11) is 1.56. The highest BCUT2D eigenvalue weighted by Gasteiger charge is 2.33. The highest BCUT2D eigenvalue weighted by molar-refractivity contribution is 6.00. The van der Waals surface area contributed by atoms with Crippen molar-refractivity contribution in [3.05, 3.63) is 59.4 Å². The molecule has 3 aromatic rings. The van der Waals surface area contributed by atoms with Crippen molar-refractivity contribution in [3.8, 4) is 5.75 Å². The van der Waals surface area contributed by atoms with E-state index in [2.05, 4.69) is 17.4 Å². The summed E-state index contributed by atoms with van der Waals surface area (Å²) in [5.41, 5.74) is 5.09. The van der Waals surface area contributed by atoms with Crippen LogP contribution in [-0.2, 0) is 28.9 Å². The second kappa shape index (κ2) is 6.95. The lowest BCUT2D eigenvalue weighted by Crippen LogP contribution is -2.50. The summed E-state index contributed by atoms with van der Waals surface area (Å²) < 4.78 is 11.5. The van der Waals surface area contributed by atoms with Gasteiger partial charge < -0.3 is 19.4 Å². The third-order valence-corrected chi connectivity index (χ3v) is 5.82. The van der Waals surface area contributed by atoms with Crippen molar-refractivity contribution in [3.63, 3.8) is 0 Å². The zero-order chi connectivity index (χ0) is 20.0. The number of para-hydroxylation sites is 2. The molecule has 5 rings (SSSR count). The lowest BCUT2D eigenvalue weighted by atomic mass is 10.0. The number of anilines is 1. The van der Waals surface area contributed by atoms with Crippen molar-refractivity contribution >= 4 is 28.5 Å². The van der Waals surface area contributed by atoms with E-state index in [1.807, 2.05) is 18.2 Å². The highest BCUT2D eigenvalue weighted by Crippen LogP contribution is 2.35. The molecule has 0 radical (unpaired) electrons. The van der Waals surface area contributed by atoms with Gasteiger partial charge in [0.2, 0.25) is 5.91 Å². The first-order valence-corrected chi connectivity index (χ1v) is 9.93. The van der Waals surface area contributed by atoms with Crippen LogP contribution in [0.2, 0.25) is 0 Å². The number of carbonyl (C=O) groups excluding carboxylic acids is 2. The maximum absolute atomic E-state index is 13.3. The van der Waals surface area contributed by atoms with Crippen molar-refractivity contribution in [2.75, 3.05) is 18.5 Å². The van der Waals surface area contributed by atoms with Gasteiger partial charge in [0.15, 0.2) is 6.10 Å². The Morgan fingerprint density at radius 2 is 1.97 bits per heavy atom. The van der Waals surface area contributed by atoms with E-state index in [-0.39, 0.29) is 24.8 Å². The smallest absolute Gasteiger partial charge is 0.262 e. The average Bonchev–Trinajstić information content (AvgIpc) is 3.37. The van der Waals surface area contributed by atoms with Gasteiger partial charge in [-0.1, -0.05) is 12.1 Å². The first kappa shape index (κ1) is 17.8. The molecule has 0 bridgehead atoms. The van der Waals surface area contributed by atoms with E-state index in [0.29, 0.717) is 11.4 Å². The van der Waals surface area contributed by atoms with Gasteiger partial charge in [0.05, 0.1) is 24.9 Å². The van der Waals surface area contributed by atoms with Gasteiger partial charge in [-0.3, -0.25) is 9.59 Å². The molecule has 148 valence electrons. The molecule has 1 aromatic heterocycles. The number of hydrogen-bond donors (Lipinski definition) is 1. The minimum absolute atomic E-state index is 0.0853. The van der Waals surface area contributed by atoms with E-state index in [4.69, 9.17) is 9.15 Å². The molecule has 1 unspecified atom stereocenters. The Kier molecular flexibility index (Phi) is 4.27. The van der Waals surface area contributed by atoms with Crippen molar-refractivity contribution < 1.29 is 18.7 Å². The Morgan fingerprint density at radius 3 is 2.79 bits per heavy atom. The predicted octanol–water partition coefficient (Wildman–Crippen LogP) is 3.00. The number of likely N-dealkylation sites (N-methyl/N-ethyl adjacent to an activating group) is 1. The van der Waals surface area contributed by atoms with E-state index >= 15 is 0 Å². The van der Waals surface area contributed by atoms with Gasteiger partial charge in [-0.2, -0.15) is 0 Å². The number of nitrogens with one attached hydrogen (secondary N) is 1. The normalized spacial score (nSPS) is 17.6. The van der Waals surface area contributed by atoms with Gasteiger partial charge in [0, 0.05) is 18.0 Å². The number of fused-ring (bicyclic) bond motifs is 3. The summed E-state index contributed by atoms with van der Waals surface area (Å²) in [5.74, 6) is 0.204. The summed E-state index contributed by atoms with van der Waals surface area (Å²) in [4.78, 5) is 27.1. The number of hydrogen-bond acceptors (Lipinski definition) is 4. The fourth-order valence-corrected chi connectivity index (χ4v) is 4.31. The van der Waals surface area contributed by atoms with Crippen LogP contribution in [-0.4, -0.2) is 31.5 Å². The lowest BCUT2D eigenvalue weighted by molar-refractivity contribution is -0.127. The molecule has 1 aliphatic heterocycles. The van der Waals surface area contributed by atoms with Crippen molar-refractivity contribution in [1.82, 2.24) is 5.32 Å². The zero-order valence-electron chi connectivity index (χ0n) is 16.2. The molecule has 6 heteroatoms. The van der Waals surface area contributed by atoms with Gasteiger partial charge in [-0.05, 0) is 54.7 Å². The molecular formula is C23H22N2O4. The second-order valence-electron chi connectivity index (χ2n) is 7.60. The summed E-state index contributed by atoms with van der Waals surface area (Å²) in [6, 6.07) is 11.6. The number of furan rings is 1. The Balaban J connectivity index is 1.46. The SMILES string of the molecule is CNC(=O)C1CN(C(=O)Cc2coc3cc4c(cc23)CCC4)c2ccccc2O1. The van der Waals surface area contributed by atoms with Crippen molar-refractivity contribution in [1.29, 1.82) is 0 Å². The van der Waals surface area contributed by atoms with Gasteiger partial charge in [0.25, 0.3) is 5.91 Å². The number of rotatable bonds is 3. The van der Waals surface area contributed by atoms with E-state index in [1.165, 1.54) is 17.5 Å². The van der Waals surface area contributed by atoms with E-state index in [0.717, 1.165) is 29.4 Å². The van der Waals surface area contributed by atoms with Gasteiger partial charge in [0.1, 0.15) is 11.3 Å². The number of carbonyl (C=O) groups is 2. The molecule has 1 N–H and O–H groups in total. The van der Waals surface area contributed by atoms with Gasteiger partial charge in [-0.15, -0.1) is 0 Å². The Labute approximate surface area is 168 Å². The van der Waals surface area contributed by atoms with E-state index in [9.17, 15) is 9.59 Å². The van der Waals surface area contributed by atoms with Crippen LogP contribution in [0.4, 0.5) is 5.69 Å². The van der Waals surface area contributed by atoms with Crippen LogP contribution in [0.1, 0.15) is 23.1 Å². The highest BCUT2D eigenvalue weighted by atomic mass is 16.5. The molecule has 0 saturated heterocycles. The van der Waals surface area contributed by atoms with Crippen LogP contribution >= 0.6 is 0 Å². The largest absolute Gasteiger partial charge is 0.477 e. The standard InChI is InChI=1S/C23H22N2O4/c1-24-23(27)21-12-25(18-7-2-3-8-19(18)29-21)22(26)11-16-13-28-20-10-15-6-4-5-14(15)9-17(16)20/h2-3,7-10,13,21H,4-6,11-12H2,1H3,(H,24,27). The summed E-state index contributed by atoms with van der Waals surface area (Å²) in [6.07, 6.45) is 4.49. The van der Waals surface area contributed by atoms with E-state index < -0.39 is 6.10 Å². The van der Waals surface area contributed by atoms with Gasteiger partial charge >= 0.3 is 0 Å². The number of nitrogens with zero attached hydrogens (tertiary/aromatic N) is 1. The summed E-state index contributed by atoms with van der Waals surface area (Å²) >= 11 is 0. The molecule has 0 spiro atoms. The van der Waals surface area contributed by atoms with E-state index in [1.54, 1.807) is 24.3 Å². The molecule has 2 heterocycles. The van der Waals surface area contributed by atoms with Crippen LogP contribution in [0.15, 0.2) is 47.1 Å². The van der Waals surface area contributed by atoms with Crippen LogP contribution in [0.5, 0.6) is 5.75 Å². The summed E-state index contributed by atoms with van der Waals surface area (Å²) in [5, 5.41) is 3.60. The second-order valence-corrected chi connectivity index (χ2v) is 7.60. The number of ether oxygens (including phenoxy) is 1. The molecule has 0 saturated carbocycles. The number of aryl methyl sites for hydroxylation is 2. The third kappa shape index (κ3) is 3.05. The van der Waals surface area contributed by atoms with Crippen LogP contribution in [0.25, 0.3) is 11.0 Å². The lowest BCUT2D eigenvalue weighted by Gasteiger charge is -2.34. The first-order valence-electron chi connectivity index (χ1n) is 9.93. The first-order chi connectivity index (χ1) is 14.1. The van der Waals surface area contributed by atoms with Gasteiger partial charge in [-0.25, -0.2) is 0 Å². The molecule has 2 aliphatic rings. The van der Waals surface area contributed by atoms with Crippen LogP contribution < -0.4 is 15.0 Å². The Bertz CT molecular complexity index is 1120. The fourth-order valence-electron chi connectivity index (χ4n) is 4.31. The molecule has 2 aromatic carbocycles. The Hall–Kier alpha value is -3.28. The third-order valence-electron chi connectivity index (χ3n) is 5.82. The average molecular weight is 390 g/mol. The quantitative estimate of drug-likeness (QED) is 0.746. The van der Waals surface area contributed by atoms with Crippen LogP contribution in [0.3, 0.4) is 0 Å². The minimum Gasteiger partial charge on any atom is -0.477 e. The predicted molar refractivity (Wildman–Crippen MR) is 109 cm³/mol. The van der Waals surface area contributed by atoms with Crippen molar-refractivity contribution in [2.45, 2.75) is 31.8 Å². The molecule has 6 nitrogen and oxygen atoms in total. The fraction of sp³-hybridized carbons (Fsp3) is 0.304. The zero-order valence-corrected chi connectivity index (χ0v) is 16.2. The topological polar surface area (TPSA) is 71.8 Å². The van der Waals surface area contributed by atoms with Crippen LogP contribution in [0, 0.1) is 0 Å². The minimum atomic E-state index is -0.733. The molecule has 0 fully saturated rings. The Morgan fingerprint density at radius 1 is 1.17 bits per heavy atom. The maximum Gasteiger partial charge on any atom is 0.262 e. The monoisotopic (exact) mass is 390 g/mol. The molecule has 1 aliphatic carbocycles. The summed E-state index contributed by atoms with van der Waals surface area (Å²) in [6.45, 7) is 0.181.